The molecule has 2 atom stereocenters. The molecule has 1 aliphatic rings. The highest BCUT2D eigenvalue weighted by Gasteiger charge is 2.36. The molecule has 1 aromatic heterocycles. The van der Waals surface area contributed by atoms with Crippen LogP contribution in [-0.2, 0) is 0 Å². The number of likely N-dealkylation sites (tertiary alicyclic amines) is 1. The average Bonchev–Trinajstić information content (AvgIpc) is 3.25. The van der Waals surface area contributed by atoms with Crippen molar-refractivity contribution in [2.45, 2.75) is 6.92 Å². The number of hydrogen-bond donors (Lipinski definition) is 3. The Morgan fingerprint density at radius 1 is 1.26 bits per heavy atom. The van der Waals surface area contributed by atoms with E-state index in [0.29, 0.717) is 25.3 Å². The molecule has 1 fully saturated rings. The third-order valence-electron chi connectivity index (χ3n) is 5.40. The number of hydrogen-bond acceptors (Lipinski definition) is 5. The predicted octanol–water partition coefficient (Wildman–Crippen LogP) is 0.990. The smallest absolute Gasteiger partial charge is 0.272 e. The van der Waals surface area contributed by atoms with Gasteiger partial charge in [-0.25, -0.2) is 0 Å². The second kappa shape index (κ2) is 8.65. The lowest BCUT2D eigenvalue weighted by Gasteiger charge is -2.23. The van der Waals surface area contributed by atoms with E-state index in [0.717, 1.165) is 23.4 Å². The number of nitrogens with one attached hydrogen (secondary N) is 1. The van der Waals surface area contributed by atoms with Gasteiger partial charge in [0, 0.05) is 49.8 Å². The molecule has 1 aliphatic heterocycles. The van der Waals surface area contributed by atoms with Gasteiger partial charge in [-0.1, -0.05) is 30.3 Å². The summed E-state index contributed by atoms with van der Waals surface area (Å²) in [4.78, 5) is 16.9. The quantitative estimate of drug-likeness (QED) is 0.674. The van der Waals surface area contributed by atoms with Crippen LogP contribution in [0, 0.1) is 18.8 Å². The number of aromatic nitrogens is 2. The molecule has 0 unspecified atom stereocenters. The molecule has 0 radical (unpaired) electrons. The molecule has 3 N–H and O–H groups in total. The van der Waals surface area contributed by atoms with Crippen LogP contribution in [-0.4, -0.2) is 82.6 Å². The third kappa shape index (κ3) is 4.21. The first-order valence-electron chi connectivity index (χ1n) is 9.35. The zero-order valence-corrected chi connectivity index (χ0v) is 15.9. The maximum Gasteiger partial charge on any atom is 0.272 e. The monoisotopic (exact) mass is 372 g/mol. The molecule has 0 aliphatic carbocycles. The summed E-state index contributed by atoms with van der Waals surface area (Å²) in [6.07, 6.45) is 0. The van der Waals surface area contributed by atoms with Gasteiger partial charge in [0.05, 0.1) is 12.3 Å². The minimum Gasteiger partial charge on any atom is -0.396 e. The van der Waals surface area contributed by atoms with E-state index in [-0.39, 0.29) is 31.0 Å². The molecule has 3 rings (SSSR count). The molecule has 0 bridgehead atoms. The van der Waals surface area contributed by atoms with Crippen molar-refractivity contribution < 1.29 is 15.0 Å². The van der Waals surface area contributed by atoms with Crippen LogP contribution in [0.1, 0.15) is 16.1 Å². The highest BCUT2D eigenvalue weighted by atomic mass is 16.3. The van der Waals surface area contributed by atoms with E-state index < -0.39 is 0 Å². The van der Waals surface area contributed by atoms with Crippen LogP contribution in [0.15, 0.2) is 30.3 Å². The number of amides is 1. The number of benzene rings is 1. The Labute approximate surface area is 159 Å². The van der Waals surface area contributed by atoms with E-state index in [1.807, 2.05) is 49.2 Å². The van der Waals surface area contributed by atoms with Gasteiger partial charge >= 0.3 is 0 Å². The van der Waals surface area contributed by atoms with Gasteiger partial charge < -0.3 is 20.0 Å². The normalized spacial score (nSPS) is 19.8. The second-order valence-electron chi connectivity index (χ2n) is 7.34. The van der Waals surface area contributed by atoms with Crippen molar-refractivity contribution in [1.82, 2.24) is 20.0 Å². The zero-order valence-electron chi connectivity index (χ0n) is 15.9. The van der Waals surface area contributed by atoms with Crippen LogP contribution in [0.2, 0.25) is 0 Å². The molecule has 27 heavy (non-hydrogen) atoms. The van der Waals surface area contributed by atoms with Crippen LogP contribution >= 0.6 is 0 Å². The van der Waals surface area contributed by atoms with E-state index in [9.17, 15) is 9.90 Å². The summed E-state index contributed by atoms with van der Waals surface area (Å²) in [6, 6.07) is 9.80. The molecule has 1 amide bonds. The summed E-state index contributed by atoms with van der Waals surface area (Å²) in [5.41, 5.74) is 3.11. The molecule has 146 valence electrons. The van der Waals surface area contributed by atoms with Crippen molar-refractivity contribution in [2.24, 2.45) is 11.8 Å². The Balaban J connectivity index is 1.74. The number of likely N-dealkylation sites (N-methyl/N-ethyl adjacent to an activating group) is 1. The number of carbonyl (C=O) groups excluding carboxylic acids is 1. The van der Waals surface area contributed by atoms with E-state index in [1.54, 1.807) is 4.90 Å². The lowest BCUT2D eigenvalue weighted by atomic mass is 9.96. The minimum atomic E-state index is -0.0760. The Kier molecular flexibility index (Phi) is 6.26. The van der Waals surface area contributed by atoms with E-state index >= 15 is 0 Å². The summed E-state index contributed by atoms with van der Waals surface area (Å²) in [7, 11) is 1.94. The van der Waals surface area contributed by atoms with E-state index in [1.165, 1.54) is 0 Å². The maximum absolute atomic E-state index is 13.1. The number of aliphatic hydroxyl groups is 2. The molecule has 7 heteroatoms. The van der Waals surface area contributed by atoms with Gasteiger partial charge in [-0.2, -0.15) is 5.10 Å². The first-order chi connectivity index (χ1) is 13.0. The summed E-state index contributed by atoms with van der Waals surface area (Å²) in [5.74, 6) is 0.159. The average molecular weight is 372 g/mol. The number of rotatable bonds is 7. The molecule has 0 spiro atoms. The molecule has 7 nitrogen and oxygen atoms in total. The van der Waals surface area contributed by atoms with E-state index in [2.05, 4.69) is 10.2 Å². The number of aliphatic hydroxyl groups excluding tert-OH is 2. The fourth-order valence-electron chi connectivity index (χ4n) is 3.82. The van der Waals surface area contributed by atoms with Crippen molar-refractivity contribution >= 4 is 5.91 Å². The summed E-state index contributed by atoms with van der Waals surface area (Å²) in [5, 5.41) is 26.1. The molecule has 0 saturated carbocycles. The summed E-state index contributed by atoms with van der Waals surface area (Å²) in [6.45, 7) is 4.52. The van der Waals surface area contributed by atoms with Gasteiger partial charge in [0.1, 0.15) is 5.69 Å². The number of aromatic amines is 1. The number of carbonyl (C=O) groups is 1. The fourth-order valence-corrected chi connectivity index (χ4v) is 3.82. The topological polar surface area (TPSA) is 92.7 Å². The summed E-state index contributed by atoms with van der Waals surface area (Å²) >= 11 is 0. The van der Waals surface area contributed by atoms with Gasteiger partial charge in [0.25, 0.3) is 5.91 Å². The molecule has 2 heterocycles. The first-order valence-corrected chi connectivity index (χ1v) is 9.35. The SMILES string of the molecule is Cc1c(-c2ccccc2)n[nH]c1C(=O)N1C[C@@H](CN(C)CCO)[C@@H](CO)C1. The molecular formula is C20H28N4O3. The Morgan fingerprint density at radius 3 is 2.63 bits per heavy atom. The van der Waals surface area contributed by atoms with Crippen LogP contribution in [0.3, 0.4) is 0 Å². The largest absolute Gasteiger partial charge is 0.396 e. The Bertz CT molecular complexity index is 762. The van der Waals surface area contributed by atoms with Crippen molar-refractivity contribution in [1.29, 1.82) is 0 Å². The first kappa shape index (κ1) is 19.5. The van der Waals surface area contributed by atoms with Gasteiger partial charge in [-0.3, -0.25) is 9.89 Å². The fraction of sp³-hybridized carbons (Fsp3) is 0.500. The molecule has 1 saturated heterocycles. The highest BCUT2D eigenvalue weighted by Crippen LogP contribution is 2.28. The van der Waals surface area contributed by atoms with Gasteiger partial charge in [-0.05, 0) is 19.9 Å². The van der Waals surface area contributed by atoms with Crippen LogP contribution in [0.5, 0.6) is 0 Å². The Hall–Kier alpha value is -2.22. The Morgan fingerprint density at radius 2 is 1.96 bits per heavy atom. The van der Waals surface area contributed by atoms with Crippen LogP contribution < -0.4 is 0 Å². The summed E-state index contributed by atoms with van der Waals surface area (Å²) < 4.78 is 0. The van der Waals surface area contributed by atoms with E-state index in [4.69, 9.17) is 5.11 Å². The van der Waals surface area contributed by atoms with Crippen molar-refractivity contribution in [3.05, 3.63) is 41.6 Å². The second-order valence-corrected chi connectivity index (χ2v) is 7.34. The maximum atomic E-state index is 13.1. The number of H-pyrrole nitrogens is 1. The lowest BCUT2D eigenvalue weighted by Crippen LogP contribution is -2.33. The minimum absolute atomic E-state index is 0.0481. The standard InChI is InChI=1S/C20H28N4O3/c1-14-18(15-6-4-3-5-7-15)21-22-19(14)20(27)24-11-16(17(12-24)13-26)10-23(2)8-9-25/h3-7,16-17,25-26H,8-13H2,1-2H3,(H,21,22)/t16-,17-/m1/s1. The molecule has 1 aromatic carbocycles. The lowest BCUT2D eigenvalue weighted by molar-refractivity contribution is 0.0772. The molecular weight excluding hydrogens is 344 g/mol. The van der Waals surface area contributed by atoms with Crippen molar-refractivity contribution in [3.8, 4) is 11.3 Å². The van der Waals surface area contributed by atoms with Gasteiger partial charge in [0.15, 0.2) is 0 Å². The zero-order chi connectivity index (χ0) is 19.4. The van der Waals surface area contributed by atoms with Crippen molar-refractivity contribution in [3.63, 3.8) is 0 Å². The van der Waals surface area contributed by atoms with Gasteiger partial charge in [0.2, 0.25) is 0 Å². The van der Waals surface area contributed by atoms with Crippen molar-refractivity contribution in [2.75, 3.05) is 46.4 Å². The van der Waals surface area contributed by atoms with Crippen LogP contribution in [0.25, 0.3) is 11.3 Å². The molecule has 2 aromatic rings. The number of nitrogens with zero attached hydrogens (tertiary/aromatic N) is 3. The van der Waals surface area contributed by atoms with Gasteiger partial charge in [-0.15, -0.1) is 0 Å². The third-order valence-corrected chi connectivity index (χ3v) is 5.40. The highest BCUT2D eigenvalue weighted by molar-refractivity contribution is 5.95. The predicted molar refractivity (Wildman–Crippen MR) is 103 cm³/mol. The van der Waals surface area contributed by atoms with Crippen LogP contribution in [0.4, 0.5) is 0 Å².